The van der Waals surface area contributed by atoms with Crippen LogP contribution in [0, 0.1) is 6.92 Å². The van der Waals surface area contributed by atoms with Crippen LogP contribution in [0.2, 0.25) is 0 Å². The molecule has 2 aromatic rings. The van der Waals surface area contributed by atoms with E-state index in [2.05, 4.69) is 5.32 Å². The van der Waals surface area contributed by atoms with Crippen LogP contribution < -0.4 is 10.2 Å². The van der Waals surface area contributed by atoms with Crippen LogP contribution in [-0.4, -0.2) is 15.6 Å². The third kappa shape index (κ3) is 2.94. The maximum absolute atomic E-state index is 12.5. The molecule has 0 unspecified atom stereocenters. The lowest BCUT2D eigenvalue weighted by Crippen LogP contribution is -2.34. The Morgan fingerprint density at radius 1 is 1.10 bits per heavy atom. The fourth-order valence-electron chi connectivity index (χ4n) is 2.11. The molecule has 1 fully saturated rings. The lowest BCUT2D eigenvalue weighted by Gasteiger charge is -2.16. The van der Waals surface area contributed by atoms with E-state index >= 15 is 0 Å². The standard InChI is InChI=1S/C16H14N2OS2/c1-11-7-9-12(10-8-11)17-14-15(19)18(16(20)21-14)13-5-3-2-4-6-13/h2-10,14,17H,1H3/t14-/m0/s1. The van der Waals surface area contributed by atoms with Gasteiger partial charge in [-0.2, -0.15) is 0 Å². The molecule has 1 amide bonds. The SMILES string of the molecule is Cc1ccc(N[C@H]2SC(=S)N(c3ccccc3)C2=O)cc1. The van der Waals surface area contributed by atoms with Crippen LogP contribution >= 0.6 is 24.0 Å². The molecule has 21 heavy (non-hydrogen) atoms. The zero-order chi connectivity index (χ0) is 14.8. The monoisotopic (exact) mass is 314 g/mol. The number of anilines is 2. The van der Waals surface area contributed by atoms with Gasteiger partial charge in [-0.3, -0.25) is 9.69 Å². The lowest BCUT2D eigenvalue weighted by atomic mass is 10.2. The van der Waals surface area contributed by atoms with Crippen molar-refractivity contribution in [1.29, 1.82) is 0 Å². The average Bonchev–Trinajstić information content (AvgIpc) is 2.77. The van der Waals surface area contributed by atoms with Crippen molar-refractivity contribution in [2.75, 3.05) is 10.2 Å². The van der Waals surface area contributed by atoms with Gasteiger partial charge in [0.25, 0.3) is 5.91 Å². The summed E-state index contributed by atoms with van der Waals surface area (Å²) in [5.74, 6) is -0.0308. The Balaban J connectivity index is 1.79. The summed E-state index contributed by atoms with van der Waals surface area (Å²) in [5, 5.41) is 2.86. The van der Waals surface area contributed by atoms with E-state index in [1.165, 1.54) is 17.3 Å². The Labute approximate surface area is 133 Å². The van der Waals surface area contributed by atoms with Gasteiger partial charge in [0.15, 0.2) is 5.37 Å². The number of carbonyl (C=O) groups excluding carboxylic acids is 1. The van der Waals surface area contributed by atoms with Crippen LogP contribution in [0.25, 0.3) is 0 Å². The Hall–Kier alpha value is -1.85. The Bertz CT molecular complexity index is 670. The largest absolute Gasteiger partial charge is 0.365 e. The minimum atomic E-state index is -0.375. The number of nitrogens with one attached hydrogen (secondary N) is 1. The average molecular weight is 314 g/mol. The van der Waals surface area contributed by atoms with Gasteiger partial charge < -0.3 is 5.32 Å². The smallest absolute Gasteiger partial charge is 0.266 e. The second kappa shape index (κ2) is 5.87. The third-order valence-electron chi connectivity index (χ3n) is 3.21. The molecule has 0 bridgehead atoms. The predicted octanol–water partition coefficient (Wildman–Crippen LogP) is 3.80. The minimum Gasteiger partial charge on any atom is -0.365 e. The van der Waals surface area contributed by atoms with Gasteiger partial charge in [-0.25, -0.2) is 0 Å². The molecule has 0 aromatic heterocycles. The molecule has 3 rings (SSSR count). The molecule has 0 radical (unpaired) electrons. The van der Waals surface area contributed by atoms with E-state index < -0.39 is 0 Å². The number of nitrogens with zero attached hydrogens (tertiary/aromatic N) is 1. The number of rotatable bonds is 3. The van der Waals surface area contributed by atoms with Crippen molar-refractivity contribution >= 4 is 45.6 Å². The number of thioether (sulfide) groups is 1. The summed E-state index contributed by atoms with van der Waals surface area (Å²) in [6.07, 6.45) is 0. The van der Waals surface area contributed by atoms with E-state index in [0.717, 1.165) is 11.4 Å². The third-order valence-corrected chi connectivity index (χ3v) is 4.62. The summed E-state index contributed by atoms with van der Waals surface area (Å²) in [5.41, 5.74) is 2.92. The van der Waals surface area contributed by atoms with E-state index in [1.807, 2.05) is 61.5 Å². The molecular weight excluding hydrogens is 300 g/mol. The van der Waals surface area contributed by atoms with E-state index in [0.29, 0.717) is 4.32 Å². The van der Waals surface area contributed by atoms with Crippen LogP contribution in [0.3, 0.4) is 0 Å². The first-order valence-electron chi connectivity index (χ1n) is 6.58. The second-order valence-corrected chi connectivity index (χ2v) is 6.52. The van der Waals surface area contributed by atoms with Crippen molar-refractivity contribution in [3.8, 4) is 0 Å². The molecule has 1 atom stereocenters. The summed E-state index contributed by atoms with van der Waals surface area (Å²) < 4.78 is 0.579. The summed E-state index contributed by atoms with van der Waals surface area (Å²) in [6, 6.07) is 17.5. The quantitative estimate of drug-likeness (QED) is 0.874. The van der Waals surface area contributed by atoms with Crippen LogP contribution in [0.4, 0.5) is 11.4 Å². The van der Waals surface area contributed by atoms with Crippen molar-refractivity contribution in [2.24, 2.45) is 0 Å². The number of hydrogen-bond acceptors (Lipinski definition) is 4. The molecule has 0 aliphatic carbocycles. The fraction of sp³-hybridized carbons (Fsp3) is 0.125. The maximum atomic E-state index is 12.5. The van der Waals surface area contributed by atoms with Crippen LogP contribution in [-0.2, 0) is 4.79 Å². The number of aryl methyl sites for hydroxylation is 1. The van der Waals surface area contributed by atoms with Gasteiger partial charge in [0.1, 0.15) is 4.32 Å². The Kier molecular flexibility index (Phi) is 3.94. The molecule has 1 N–H and O–H groups in total. The van der Waals surface area contributed by atoms with Crippen LogP contribution in [0.15, 0.2) is 54.6 Å². The van der Waals surface area contributed by atoms with Crippen LogP contribution in [0.1, 0.15) is 5.56 Å². The molecule has 1 aliphatic heterocycles. The lowest BCUT2D eigenvalue weighted by molar-refractivity contribution is -0.116. The fourth-order valence-corrected chi connectivity index (χ4v) is 3.50. The summed E-state index contributed by atoms with van der Waals surface area (Å²) in [7, 11) is 0. The highest BCUT2D eigenvalue weighted by molar-refractivity contribution is 8.25. The van der Waals surface area contributed by atoms with E-state index in [4.69, 9.17) is 12.2 Å². The Morgan fingerprint density at radius 2 is 1.76 bits per heavy atom. The number of thiocarbonyl (C=S) groups is 1. The summed E-state index contributed by atoms with van der Waals surface area (Å²) in [4.78, 5) is 14.1. The zero-order valence-electron chi connectivity index (χ0n) is 11.4. The van der Waals surface area contributed by atoms with Crippen LogP contribution in [0.5, 0.6) is 0 Å². The van der Waals surface area contributed by atoms with Gasteiger partial charge in [0, 0.05) is 5.69 Å². The first-order valence-corrected chi connectivity index (χ1v) is 7.87. The predicted molar refractivity (Wildman–Crippen MR) is 92.7 cm³/mol. The summed E-state index contributed by atoms with van der Waals surface area (Å²) >= 11 is 6.71. The zero-order valence-corrected chi connectivity index (χ0v) is 13.1. The normalized spacial score (nSPS) is 18.1. The molecule has 1 aliphatic rings. The topological polar surface area (TPSA) is 32.3 Å². The van der Waals surface area contributed by atoms with Crippen molar-refractivity contribution in [3.05, 3.63) is 60.2 Å². The maximum Gasteiger partial charge on any atom is 0.266 e. The second-order valence-electron chi connectivity index (χ2n) is 4.78. The number of para-hydroxylation sites is 1. The molecular formula is C16H14N2OS2. The van der Waals surface area contributed by atoms with Crippen molar-refractivity contribution in [3.63, 3.8) is 0 Å². The van der Waals surface area contributed by atoms with Crippen molar-refractivity contribution in [2.45, 2.75) is 12.3 Å². The molecule has 106 valence electrons. The number of amides is 1. The molecule has 3 nitrogen and oxygen atoms in total. The van der Waals surface area contributed by atoms with E-state index in [-0.39, 0.29) is 11.3 Å². The van der Waals surface area contributed by atoms with E-state index in [9.17, 15) is 4.79 Å². The van der Waals surface area contributed by atoms with Gasteiger partial charge in [-0.05, 0) is 31.2 Å². The van der Waals surface area contributed by atoms with E-state index in [1.54, 1.807) is 4.90 Å². The summed E-state index contributed by atoms with van der Waals surface area (Å²) in [6.45, 7) is 2.03. The van der Waals surface area contributed by atoms with Gasteiger partial charge >= 0.3 is 0 Å². The molecule has 0 spiro atoms. The van der Waals surface area contributed by atoms with Gasteiger partial charge in [-0.15, -0.1) is 0 Å². The minimum absolute atomic E-state index is 0.0308. The van der Waals surface area contributed by atoms with Gasteiger partial charge in [-0.1, -0.05) is 59.9 Å². The molecule has 1 heterocycles. The molecule has 1 saturated heterocycles. The van der Waals surface area contributed by atoms with Gasteiger partial charge in [0.05, 0.1) is 5.69 Å². The first-order chi connectivity index (χ1) is 10.1. The van der Waals surface area contributed by atoms with Gasteiger partial charge in [0.2, 0.25) is 0 Å². The van der Waals surface area contributed by atoms with Crippen molar-refractivity contribution < 1.29 is 4.79 Å². The number of benzene rings is 2. The highest BCUT2D eigenvalue weighted by Crippen LogP contribution is 2.32. The highest BCUT2D eigenvalue weighted by atomic mass is 32.2. The highest BCUT2D eigenvalue weighted by Gasteiger charge is 2.37. The molecule has 0 saturated carbocycles. The Morgan fingerprint density at radius 3 is 2.43 bits per heavy atom. The van der Waals surface area contributed by atoms with Crippen molar-refractivity contribution in [1.82, 2.24) is 0 Å². The molecule has 5 heteroatoms. The number of carbonyl (C=O) groups is 1. The number of hydrogen-bond donors (Lipinski definition) is 1. The molecule has 2 aromatic carbocycles. The first kappa shape index (κ1) is 14.1.